The molecule has 2 atom stereocenters. The van der Waals surface area contributed by atoms with Crippen LogP contribution in [0.15, 0.2) is 42.2 Å². The van der Waals surface area contributed by atoms with Gasteiger partial charge in [0.2, 0.25) is 0 Å². The number of allylic oxidation sites excluding steroid dienone is 1. The molecule has 0 saturated carbocycles. The number of ether oxygens (including phenoxy) is 1. The van der Waals surface area contributed by atoms with Gasteiger partial charge in [0.05, 0.1) is 39.7 Å². The molecule has 0 spiro atoms. The normalized spacial score (nSPS) is 17.2. The Labute approximate surface area is 186 Å². The Morgan fingerprint density at radius 2 is 2.13 bits per heavy atom. The van der Waals surface area contributed by atoms with Gasteiger partial charge in [-0.1, -0.05) is 19.6 Å². The molecule has 0 radical (unpaired) electrons. The molecule has 1 amide bonds. The van der Waals surface area contributed by atoms with E-state index in [0.717, 1.165) is 29.7 Å². The molecule has 1 N–H and O–H groups in total. The number of pyridine rings is 1. The molecule has 8 heteroatoms. The van der Waals surface area contributed by atoms with Gasteiger partial charge in [-0.05, 0) is 43.9 Å². The number of carbonyl (C=O) groups excluding carboxylic acids is 1. The maximum Gasteiger partial charge on any atom is 0.252 e. The van der Waals surface area contributed by atoms with Gasteiger partial charge in [-0.2, -0.15) is 5.10 Å². The molecule has 1 aliphatic rings. The van der Waals surface area contributed by atoms with Crippen LogP contribution in [0.2, 0.25) is 0 Å². The second-order valence-corrected chi connectivity index (χ2v) is 8.86. The fourth-order valence-corrected chi connectivity index (χ4v) is 4.36. The number of rotatable bonds is 8. The average molecular weight is 443 g/mol. The zero-order valence-electron chi connectivity index (χ0n) is 18.3. The quantitative estimate of drug-likeness (QED) is 0.630. The van der Waals surface area contributed by atoms with Crippen molar-refractivity contribution in [2.45, 2.75) is 50.1 Å². The lowest BCUT2D eigenvalue weighted by atomic mass is 10.0. The fraction of sp³-hybridized carbons (Fsp3) is 0.435. The highest BCUT2D eigenvalue weighted by Crippen LogP contribution is 2.28. The lowest BCUT2D eigenvalue weighted by Crippen LogP contribution is -2.29. The molecule has 0 aromatic carbocycles. The van der Waals surface area contributed by atoms with Crippen molar-refractivity contribution in [3.8, 4) is 0 Å². The smallest absolute Gasteiger partial charge is 0.252 e. The molecule has 2 aromatic rings. The molecule has 1 fully saturated rings. The maximum absolute atomic E-state index is 13.2. The Morgan fingerprint density at radius 3 is 2.74 bits per heavy atom. The highest BCUT2D eigenvalue weighted by Gasteiger charge is 2.24. The first-order valence-corrected chi connectivity index (χ1v) is 12.1. The van der Waals surface area contributed by atoms with Gasteiger partial charge in [0.15, 0.2) is 0 Å². The standard InChI is InChI=1S/C23H30N4O3S/c1-5-19(20-15-25-27(22(20)7-3)17-8-10-30-11-9-17)23(28)26-21(6-2)16-12-18(31(4)29)14-24-13-16/h5,7,12-15,17,21H,3,6,8-11H2,1-2,4H3,(H,26,28)/b19-5+. The van der Waals surface area contributed by atoms with E-state index in [2.05, 4.69) is 22.0 Å². The fourth-order valence-electron chi connectivity index (χ4n) is 3.85. The Kier molecular flexibility index (Phi) is 7.92. The van der Waals surface area contributed by atoms with E-state index in [-0.39, 0.29) is 18.0 Å². The van der Waals surface area contributed by atoms with E-state index >= 15 is 0 Å². The summed E-state index contributed by atoms with van der Waals surface area (Å²) in [6.45, 7) is 9.22. The topological polar surface area (TPSA) is 86.1 Å². The molecular formula is C23H30N4O3S. The second-order valence-electron chi connectivity index (χ2n) is 7.48. The van der Waals surface area contributed by atoms with Gasteiger partial charge in [-0.15, -0.1) is 0 Å². The molecule has 31 heavy (non-hydrogen) atoms. The predicted octanol–water partition coefficient (Wildman–Crippen LogP) is 3.68. The van der Waals surface area contributed by atoms with Gasteiger partial charge in [-0.3, -0.25) is 18.7 Å². The van der Waals surface area contributed by atoms with E-state index in [1.807, 2.05) is 24.6 Å². The lowest BCUT2D eigenvalue weighted by molar-refractivity contribution is -0.116. The monoisotopic (exact) mass is 442 g/mol. The number of aromatic nitrogens is 3. The van der Waals surface area contributed by atoms with Gasteiger partial charge in [0.25, 0.3) is 5.91 Å². The molecule has 2 aromatic heterocycles. The average Bonchev–Trinajstić information content (AvgIpc) is 3.22. The first kappa shape index (κ1) is 23.1. The van der Waals surface area contributed by atoms with Crippen molar-refractivity contribution in [2.24, 2.45) is 0 Å². The SMILES string of the molecule is C=Cc1c(/C(=C\C)C(=O)NC(CC)c2cncc(S(C)=O)c2)cnn1C1CCOCC1. The number of amides is 1. The molecular weight excluding hydrogens is 412 g/mol. The molecule has 166 valence electrons. The van der Waals surface area contributed by atoms with Crippen molar-refractivity contribution in [3.05, 3.63) is 54.1 Å². The number of hydrogen-bond acceptors (Lipinski definition) is 5. The third kappa shape index (κ3) is 5.19. The van der Waals surface area contributed by atoms with Gasteiger partial charge < -0.3 is 10.1 Å². The number of nitrogens with zero attached hydrogens (tertiary/aromatic N) is 3. The molecule has 3 rings (SSSR count). The van der Waals surface area contributed by atoms with E-state index in [4.69, 9.17) is 4.74 Å². The summed E-state index contributed by atoms with van der Waals surface area (Å²) in [5, 5.41) is 7.68. The largest absolute Gasteiger partial charge is 0.381 e. The Bertz CT molecular complexity index is 992. The predicted molar refractivity (Wildman–Crippen MR) is 123 cm³/mol. The summed E-state index contributed by atoms with van der Waals surface area (Å²) in [6, 6.07) is 1.84. The summed E-state index contributed by atoms with van der Waals surface area (Å²) in [6.07, 6.45) is 12.7. The number of nitrogens with one attached hydrogen (secondary N) is 1. The van der Waals surface area contributed by atoms with Crippen molar-refractivity contribution < 1.29 is 13.7 Å². The van der Waals surface area contributed by atoms with Crippen LogP contribution < -0.4 is 5.32 Å². The van der Waals surface area contributed by atoms with Gasteiger partial charge in [0, 0.05) is 43.0 Å². The van der Waals surface area contributed by atoms with Crippen LogP contribution in [0.1, 0.15) is 62.0 Å². The summed E-state index contributed by atoms with van der Waals surface area (Å²) in [5.74, 6) is -0.188. The van der Waals surface area contributed by atoms with E-state index < -0.39 is 10.8 Å². The highest BCUT2D eigenvalue weighted by atomic mass is 32.2. The molecule has 0 aliphatic carbocycles. The first-order valence-electron chi connectivity index (χ1n) is 10.5. The third-order valence-corrected chi connectivity index (χ3v) is 6.46. The summed E-state index contributed by atoms with van der Waals surface area (Å²) < 4.78 is 19.2. The van der Waals surface area contributed by atoms with Crippen LogP contribution >= 0.6 is 0 Å². The highest BCUT2D eigenvalue weighted by molar-refractivity contribution is 7.84. The Hall–Kier alpha value is -2.58. The molecule has 7 nitrogen and oxygen atoms in total. The van der Waals surface area contributed by atoms with E-state index in [0.29, 0.717) is 30.1 Å². The van der Waals surface area contributed by atoms with Crippen LogP contribution in [0.25, 0.3) is 11.6 Å². The maximum atomic E-state index is 13.2. The van der Waals surface area contributed by atoms with Gasteiger partial charge in [0.1, 0.15) is 0 Å². The van der Waals surface area contributed by atoms with Crippen LogP contribution in [-0.4, -0.2) is 44.4 Å². The lowest BCUT2D eigenvalue weighted by Gasteiger charge is -2.24. The number of hydrogen-bond donors (Lipinski definition) is 1. The summed E-state index contributed by atoms with van der Waals surface area (Å²) in [4.78, 5) is 18.1. The van der Waals surface area contributed by atoms with Gasteiger partial charge >= 0.3 is 0 Å². The van der Waals surface area contributed by atoms with Crippen LogP contribution in [0, 0.1) is 0 Å². The second kappa shape index (κ2) is 10.6. The van der Waals surface area contributed by atoms with E-state index in [1.54, 1.807) is 37.0 Å². The van der Waals surface area contributed by atoms with Crippen molar-refractivity contribution in [1.29, 1.82) is 0 Å². The Morgan fingerprint density at radius 1 is 1.39 bits per heavy atom. The number of carbonyl (C=O) groups is 1. The zero-order valence-corrected chi connectivity index (χ0v) is 19.2. The summed E-state index contributed by atoms with van der Waals surface area (Å²) in [7, 11) is -1.13. The Balaban J connectivity index is 1.84. The minimum atomic E-state index is -1.13. The molecule has 1 aliphatic heterocycles. The van der Waals surface area contributed by atoms with Gasteiger partial charge in [-0.25, -0.2) is 0 Å². The molecule has 2 unspecified atom stereocenters. The summed E-state index contributed by atoms with van der Waals surface area (Å²) in [5.41, 5.74) is 2.99. The van der Waals surface area contributed by atoms with Crippen molar-refractivity contribution >= 4 is 28.4 Å². The summed E-state index contributed by atoms with van der Waals surface area (Å²) >= 11 is 0. The van der Waals surface area contributed by atoms with Crippen molar-refractivity contribution in [2.75, 3.05) is 19.5 Å². The van der Waals surface area contributed by atoms with Crippen LogP contribution in [0.5, 0.6) is 0 Å². The minimum absolute atomic E-state index is 0.188. The molecule has 3 heterocycles. The zero-order chi connectivity index (χ0) is 22.4. The van der Waals surface area contributed by atoms with Crippen LogP contribution in [0.3, 0.4) is 0 Å². The molecule has 0 bridgehead atoms. The molecule has 1 saturated heterocycles. The van der Waals surface area contributed by atoms with Crippen molar-refractivity contribution in [3.63, 3.8) is 0 Å². The van der Waals surface area contributed by atoms with Crippen LogP contribution in [-0.2, 0) is 20.3 Å². The van der Waals surface area contributed by atoms with Crippen LogP contribution in [0.4, 0.5) is 0 Å². The third-order valence-electron chi connectivity index (χ3n) is 5.57. The van der Waals surface area contributed by atoms with Crippen molar-refractivity contribution in [1.82, 2.24) is 20.1 Å². The van der Waals surface area contributed by atoms with E-state index in [9.17, 15) is 9.00 Å². The minimum Gasteiger partial charge on any atom is -0.381 e. The first-order chi connectivity index (χ1) is 15.0. The van der Waals surface area contributed by atoms with E-state index in [1.165, 1.54) is 0 Å².